The molecule has 0 spiro atoms. The van der Waals surface area contributed by atoms with Crippen LogP contribution in [0.3, 0.4) is 0 Å². The molecule has 2 aromatic heterocycles. The van der Waals surface area contributed by atoms with E-state index in [0.29, 0.717) is 0 Å². The van der Waals surface area contributed by atoms with E-state index in [-0.39, 0.29) is 5.41 Å². The predicted octanol–water partition coefficient (Wildman–Crippen LogP) is 3.81. The summed E-state index contributed by atoms with van der Waals surface area (Å²) in [5.41, 5.74) is -0.0131. The minimum absolute atomic E-state index is 0.0131. The summed E-state index contributed by atoms with van der Waals surface area (Å²) >= 11 is 1.67. The highest BCUT2D eigenvalue weighted by Gasteiger charge is 2.20. The summed E-state index contributed by atoms with van der Waals surface area (Å²) in [6, 6.07) is 2.09. The van der Waals surface area contributed by atoms with E-state index in [1.807, 2.05) is 0 Å². The molecule has 17 heavy (non-hydrogen) atoms. The zero-order valence-corrected chi connectivity index (χ0v) is 11.7. The van der Waals surface area contributed by atoms with Crippen LogP contribution in [0.5, 0.6) is 0 Å². The Hall–Kier alpha value is -1.16. The minimum atomic E-state index is -0.0131. The molecule has 0 aliphatic carbocycles. The largest absolute Gasteiger partial charge is 0.369 e. The van der Waals surface area contributed by atoms with Gasteiger partial charge in [-0.3, -0.25) is 0 Å². The van der Waals surface area contributed by atoms with Crippen LogP contribution in [0.25, 0.3) is 10.2 Å². The van der Waals surface area contributed by atoms with Crippen molar-refractivity contribution in [2.45, 2.75) is 39.5 Å². The third kappa shape index (κ3) is 2.57. The molecule has 2 heterocycles. The van der Waals surface area contributed by atoms with E-state index < -0.39 is 0 Å². The lowest BCUT2D eigenvalue weighted by molar-refractivity contribution is 0.549. The Morgan fingerprint density at radius 1 is 1.29 bits per heavy atom. The van der Waals surface area contributed by atoms with Gasteiger partial charge in [0.15, 0.2) is 0 Å². The number of aromatic nitrogens is 2. The normalized spacial score (nSPS) is 12.0. The Morgan fingerprint density at radius 2 is 2.06 bits per heavy atom. The Kier molecular flexibility index (Phi) is 3.33. The zero-order chi connectivity index (χ0) is 12.5. The Labute approximate surface area is 106 Å². The van der Waals surface area contributed by atoms with Crippen molar-refractivity contribution in [2.75, 3.05) is 11.9 Å². The van der Waals surface area contributed by atoms with E-state index in [1.54, 1.807) is 11.3 Å². The SMILES string of the molecule is CCCNc1nc(C(C)(C)C)nc2sccc12. The molecule has 0 fully saturated rings. The average Bonchev–Trinajstić information content (AvgIpc) is 2.72. The maximum Gasteiger partial charge on any atom is 0.138 e. The second-order valence-corrected chi connectivity index (χ2v) is 6.11. The van der Waals surface area contributed by atoms with Gasteiger partial charge in [0.2, 0.25) is 0 Å². The Balaban J connectivity index is 2.51. The van der Waals surface area contributed by atoms with Gasteiger partial charge in [0.05, 0.1) is 5.39 Å². The van der Waals surface area contributed by atoms with Crippen LogP contribution in [0.1, 0.15) is 39.9 Å². The Bertz CT molecular complexity index is 511. The van der Waals surface area contributed by atoms with E-state index in [2.05, 4.69) is 54.4 Å². The van der Waals surface area contributed by atoms with Crippen molar-refractivity contribution in [3.63, 3.8) is 0 Å². The molecular formula is C13H19N3S. The van der Waals surface area contributed by atoms with Gasteiger partial charge >= 0.3 is 0 Å². The van der Waals surface area contributed by atoms with Crippen molar-refractivity contribution < 1.29 is 0 Å². The first-order chi connectivity index (χ1) is 8.02. The summed E-state index contributed by atoms with van der Waals surface area (Å²) in [7, 11) is 0. The molecule has 2 aromatic rings. The minimum Gasteiger partial charge on any atom is -0.369 e. The number of hydrogen-bond donors (Lipinski definition) is 1. The summed E-state index contributed by atoms with van der Waals surface area (Å²) in [6.45, 7) is 9.54. The molecule has 2 rings (SSSR count). The Morgan fingerprint density at radius 3 is 2.71 bits per heavy atom. The van der Waals surface area contributed by atoms with Gasteiger partial charge in [0.1, 0.15) is 16.5 Å². The first-order valence-corrected chi connectivity index (χ1v) is 6.90. The van der Waals surface area contributed by atoms with Gasteiger partial charge < -0.3 is 5.32 Å². The molecule has 1 N–H and O–H groups in total. The predicted molar refractivity (Wildman–Crippen MR) is 74.9 cm³/mol. The van der Waals surface area contributed by atoms with E-state index in [9.17, 15) is 0 Å². The molecule has 0 atom stereocenters. The molecule has 4 heteroatoms. The summed E-state index contributed by atoms with van der Waals surface area (Å²) in [5.74, 6) is 1.88. The van der Waals surface area contributed by atoms with Gasteiger partial charge in [-0.15, -0.1) is 11.3 Å². The van der Waals surface area contributed by atoms with Crippen molar-refractivity contribution in [1.29, 1.82) is 0 Å². The molecule has 0 amide bonds. The molecule has 0 saturated heterocycles. The molecule has 0 bridgehead atoms. The van der Waals surface area contributed by atoms with E-state index in [0.717, 1.165) is 34.8 Å². The van der Waals surface area contributed by atoms with E-state index >= 15 is 0 Å². The molecule has 0 unspecified atom stereocenters. The van der Waals surface area contributed by atoms with Crippen LogP contribution in [0.2, 0.25) is 0 Å². The second-order valence-electron chi connectivity index (χ2n) is 5.21. The number of fused-ring (bicyclic) bond motifs is 1. The van der Waals surface area contributed by atoms with Crippen LogP contribution in [0.4, 0.5) is 5.82 Å². The summed E-state index contributed by atoms with van der Waals surface area (Å²) in [6.07, 6.45) is 1.10. The van der Waals surface area contributed by atoms with Crippen molar-refractivity contribution in [2.24, 2.45) is 0 Å². The molecule has 0 aliphatic heterocycles. The lowest BCUT2D eigenvalue weighted by atomic mass is 9.96. The van der Waals surface area contributed by atoms with Crippen molar-refractivity contribution >= 4 is 27.4 Å². The maximum absolute atomic E-state index is 4.67. The summed E-state index contributed by atoms with van der Waals surface area (Å²) in [5, 5.41) is 6.60. The summed E-state index contributed by atoms with van der Waals surface area (Å²) < 4.78 is 0. The number of thiophene rings is 1. The van der Waals surface area contributed by atoms with Crippen LogP contribution < -0.4 is 5.32 Å². The first-order valence-electron chi connectivity index (χ1n) is 6.02. The number of anilines is 1. The maximum atomic E-state index is 4.67. The standard InChI is InChI=1S/C13H19N3S/c1-5-7-14-10-9-6-8-17-11(9)16-12(15-10)13(2,3)4/h6,8H,5,7H2,1-4H3,(H,14,15,16). The van der Waals surface area contributed by atoms with Crippen LogP contribution >= 0.6 is 11.3 Å². The van der Waals surface area contributed by atoms with Gasteiger partial charge in [-0.2, -0.15) is 0 Å². The van der Waals surface area contributed by atoms with Crippen molar-refractivity contribution in [1.82, 2.24) is 9.97 Å². The van der Waals surface area contributed by atoms with Gasteiger partial charge in [0, 0.05) is 12.0 Å². The highest BCUT2D eigenvalue weighted by atomic mass is 32.1. The van der Waals surface area contributed by atoms with Gasteiger partial charge in [-0.25, -0.2) is 9.97 Å². The highest BCUT2D eigenvalue weighted by Crippen LogP contribution is 2.28. The summed E-state index contributed by atoms with van der Waals surface area (Å²) in [4.78, 5) is 10.4. The van der Waals surface area contributed by atoms with E-state index in [4.69, 9.17) is 0 Å². The topological polar surface area (TPSA) is 37.8 Å². The second kappa shape index (κ2) is 4.61. The molecule has 3 nitrogen and oxygen atoms in total. The zero-order valence-electron chi connectivity index (χ0n) is 10.9. The lowest BCUT2D eigenvalue weighted by Gasteiger charge is -2.18. The third-order valence-electron chi connectivity index (χ3n) is 2.54. The van der Waals surface area contributed by atoms with Gasteiger partial charge in [-0.1, -0.05) is 27.7 Å². The first kappa shape index (κ1) is 12.3. The van der Waals surface area contributed by atoms with E-state index in [1.165, 1.54) is 0 Å². The quantitative estimate of drug-likeness (QED) is 0.898. The van der Waals surface area contributed by atoms with Crippen LogP contribution in [-0.2, 0) is 5.41 Å². The molecule has 0 saturated carbocycles. The van der Waals surface area contributed by atoms with Gasteiger partial charge in [0.25, 0.3) is 0 Å². The fourth-order valence-electron chi connectivity index (χ4n) is 1.57. The third-order valence-corrected chi connectivity index (χ3v) is 3.34. The van der Waals surface area contributed by atoms with Crippen LogP contribution in [0, 0.1) is 0 Å². The van der Waals surface area contributed by atoms with Crippen LogP contribution in [-0.4, -0.2) is 16.5 Å². The molecule has 0 radical (unpaired) electrons. The fraction of sp³-hybridized carbons (Fsp3) is 0.538. The lowest BCUT2D eigenvalue weighted by Crippen LogP contribution is -2.17. The molecule has 0 aliphatic rings. The number of nitrogens with one attached hydrogen (secondary N) is 1. The number of rotatable bonds is 3. The molecular weight excluding hydrogens is 230 g/mol. The molecule has 0 aromatic carbocycles. The molecule has 92 valence electrons. The highest BCUT2D eigenvalue weighted by molar-refractivity contribution is 7.16. The number of nitrogens with zero attached hydrogens (tertiary/aromatic N) is 2. The van der Waals surface area contributed by atoms with Crippen molar-refractivity contribution in [3.05, 3.63) is 17.3 Å². The average molecular weight is 249 g/mol. The monoisotopic (exact) mass is 249 g/mol. The van der Waals surface area contributed by atoms with Crippen molar-refractivity contribution in [3.8, 4) is 0 Å². The van der Waals surface area contributed by atoms with Gasteiger partial charge in [-0.05, 0) is 17.9 Å². The smallest absolute Gasteiger partial charge is 0.138 e. The van der Waals surface area contributed by atoms with Crippen LogP contribution in [0.15, 0.2) is 11.4 Å². The number of hydrogen-bond acceptors (Lipinski definition) is 4. The fourth-order valence-corrected chi connectivity index (χ4v) is 2.33.